The van der Waals surface area contributed by atoms with Crippen molar-refractivity contribution in [2.75, 3.05) is 43.0 Å². The van der Waals surface area contributed by atoms with Gasteiger partial charge in [0.2, 0.25) is 5.91 Å². The Labute approximate surface area is 159 Å². The lowest BCUT2D eigenvalue weighted by Gasteiger charge is -2.32. The molecular formula is C18H26ClN3O2S. The van der Waals surface area contributed by atoms with Crippen molar-refractivity contribution in [1.82, 2.24) is 10.2 Å². The van der Waals surface area contributed by atoms with Crippen molar-refractivity contribution in [3.8, 4) is 0 Å². The van der Waals surface area contributed by atoms with Crippen LogP contribution < -0.4 is 10.6 Å². The van der Waals surface area contributed by atoms with Gasteiger partial charge >= 0.3 is 0 Å². The van der Waals surface area contributed by atoms with Gasteiger partial charge in [0.15, 0.2) is 0 Å². The van der Waals surface area contributed by atoms with E-state index in [0.29, 0.717) is 11.5 Å². The van der Waals surface area contributed by atoms with Crippen molar-refractivity contribution >= 4 is 41.7 Å². The van der Waals surface area contributed by atoms with Crippen molar-refractivity contribution in [2.45, 2.75) is 13.8 Å². The van der Waals surface area contributed by atoms with E-state index in [0.717, 1.165) is 48.9 Å². The fraction of sp³-hybridized carbons (Fsp3) is 0.556. The zero-order valence-corrected chi connectivity index (χ0v) is 16.3. The van der Waals surface area contributed by atoms with Crippen molar-refractivity contribution in [3.63, 3.8) is 0 Å². The lowest BCUT2D eigenvalue weighted by atomic mass is 9.88. The summed E-state index contributed by atoms with van der Waals surface area (Å²) >= 11 is 1.88. The minimum Gasteiger partial charge on any atom is -0.337 e. The Bertz CT molecular complexity index is 631. The third-order valence-corrected chi connectivity index (χ3v) is 6.00. The van der Waals surface area contributed by atoms with Crippen LogP contribution in [0, 0.1) is 18.8 Å². The third kappa shape index (κ3) is 4.49. The minimum atomic E-state index is -0.0240. The Kier molecular flexibility index (Phi) is 7.16. The highest BCUT2D eigenvalue weighted by atomic mass is 35.5. The SMILES string of the molecule is Cc1c(NC(=O)C(C)C2CNC2)cccc1C(=O)N1CCSCC1.Cl. The molecule has 0 aliphatic carbocycles. The average molecular weight is 384 g/mol. The molecule has 5 nitrogen and oxygen atoms in total. The number of hydrogen-bond acceptors (Lipinski definition) is 4. The largest absolute Gasteiger partial charge is 0.337 e. The van der Waals surface area contributed by atoms with Gasteiger partial charge in [-0.3, -0.25) is 9.59 Å². The van der Waals surface area contributed by atoms with E-state index in [1.54, 1.807) is 0 Å². The van der Waals surface area contributed by atoms with Crippen LogP contribution >= 0.6 is 24.2 Å². The summed E-state index contributed by atoms with van der Waals surface area (Å²) in [5, 5.41) is 6.22. The van der Waals surface area contributed by atoms with E-state index in [1.165, 1.54) is 0 Å². The van der Waals surface area contributed by atoms with Gasteiger partial charge in [-0.2, -0.15) is 11.8 Å². The normalized spacial score (nSPS) is 18.7. The molecule has 0 aromatic heterocycles. The average Bonchev–Trinajstić information content (AvgIpc) is 2.55. The van der Waals surface area contributed by atoms with Crippen molar-refractivity contribution < 1.29 is 9.59 Å². The molecule has 2 aliphatic heterocycles. The topological polar surface area (TPSA) is 61.4 Å². The molecule has 0 spiro atoms. The minimum absolute atomic E-state index is 0. The number of nitrogens with zero attached hydrogens (tertiary/aromatic N) is 1. The van der Waals surface area contributed by atoms with Crippen LogP contribution in [-0.4, -0.2) is 54.4 Å². The van der Waals surface area contributed by atoms with Crippen molar-refractivity contribution in [2.24, 2.45) is 11.8 Å². The zero-order chi connectivity index (χ0) is 17.1. The molecule has 2 fully saturated rings. The fourth-order valence-electron chi connectivity index (χ4n) is 3.06. The van der Waals surface area contributed by atoms with Crippen LogP contribution in [-0.2, 0) is 4.79 Å². The summed E-state index contributed by atoms with van der Waals surface area (Å²) in [6.07, 6.45) is 0. The van der Waals surface area contributed by atoms with E-state index in [9.17, 15) is 9.59 Å². The second kappa shape index (κ2) is 8.92. The van der Waals surface area contributed by atoms with E-state index >= 15 is 0 Å². The number of rotatable bonds is 4. The zero-order valence-electron chi connectivity index (χ0n) is 14.7. The van der Waals surface area contributed by atoms with E-state index in [4.69, 9.17) is 0 Å². The molecule has 2 heterocycles. The Balaban J connectivity index is 0.00000225. The first-order chi connectivity index (χ1) is 11.6. The molecule has 0 radical (unpaired) electrons. The number of carbonyl (C=O) groups is 2. The molecule has 3 rings (SSSR count). The maximum Gasteiger partial charge on any atom is 0.254 e. The number of amides is 2. The monoisotopic (exact) mass is 383 g/mol. The van der Waals surface area contributed by atoms with Gasteiger partial charge in [0.05, 0.1) is 0 Å². The lowest BCUT2D eigenvalue weighted by molar-refractivity contribution is -0.121. The number of thioether (sulfide) groups is 1. The molecule has 1 aromatic carbocycles. The number of hydrogen-bond donors (Lipinski definition) is 2. The highest BCUT2D eigenvalue weighted by Crippen LogP contribution is 2.24. The maximum absolute atomic E-state index is 12.8. The molecule has 2 N–H and O–H groups in total. The van der Waals surface area contributed by atoms with Gasteiger partial charge in [0.1, 0.15) is 0 Å². The lowest BCUT2D eigenvalue weighted by Crippen LogP contribution is -2.48. The first kappa shape index (κ1) is 20.1. The number of carbonyl (C=O) groups excluding carboxylic acids is 2. The van der Waals surface area contributed by atoms with Crippen LogP contribution in [0.5, 0.6) is 0 Å². The van der Waals surface area contributed by atoms with Gasteiger partial charge in [0.25, 0.3) is 5.91 Å². The fourth-order valence-corrected chi connectivity index (χ4v) is 3.97. The molecule has 1 aromatic rings. The molecule has 2 aliphatic rings. The molecule has 25 heavy (non-hydrogen) atoms. The summed E-state index contributed by atoms with van der Waals surface area (Å²) in [5.74, 6) is 2.47. The summed E-state index contributed by atoms with van der Waals surface area (Å²) in [7, 11) is 0. The first-order valence-corrected chi connectivity index (χ1v) is 9.71. The Morgan fingerprint density at radius 1 is 1.28 bits per heavy atom. The van der Waals surface area contributed by atoms with Crippen LogP contribution in [0.15, 0.2) is 18.2 Å². The number of halogens is 1. The molecule has 2 saturated heterocycles. The first-order valence-electron chi connectivity index (χ1n) is 8.56. The summed E-state index contributed by atoms with van der Waals surface area (Å²) in [6.45, 7) is 7.28. The Morgan fingerprint density at radius 3 is 2.56 bits per heavy atom. The molecule has 2 amide bonds. The molecule has 1 atom stereocenters. The highest BCUT2D eigenvalue weighted by molar-refractivity contribution is 7.99. The van der Waals surface area contributed by atoms with E-state index < -0.39 is 0 Å². The number of nitrogens with one attached hydrogen (secondary N) is 2. The molecule has 1 unspecified atom stereocenters. The summed E-state index contributed by atoms with van der Waals surface area (Å²) < 4.78 is 0. The van der Waals surface area contributed by atoms with Gasteiger partial charge in [0, 0.05) is 41.8 Å². The summed E-state index contributed by atoms with van der Waals surface area (Å²) in [5.41, 5.74) is 2.29. The maximum atomic E-state index is 12.8. The standard InChI is InChI=1S/C18H25N3O2S.ClH/c1-12(14-10-19-11-14)17(22)20-16-5-3-4-15(13(16)2)18(23)21-6-8-24-9-7-21;/h3-5,12,14,19H,6-11H2,1-2H3,(H,20,22);1H. The highest BCUT2D eigenvalue weighted by Gasteiger charge is 2.29. The molecular weight excluding hydrogens is 358 g/mol. The summed E-state index contributed by atoms with van der Waals surface area (Å²) in [4.78, 5) is 27.1. The number of anilines is 1. The Hall–Kier alpha value is -1.24. The van der Waals surface area contributed by atoms with Gasteiger partial charge < -0.3 is 15.5 Å². The van der Waals surface area contributed by atoms with Crippen LogP contribution in [0.2, 0.25) is 0 Å². The van der Waals surface area contributed by atoms with E-state index in [1.807, 2.05) is 48.7 Å². The predicted molar refractivity (Wildman–Crippen MR) is 106 cm³/mol. The van der Waals surface area contributed by atoms with E-state index in [-0.39, 0.29) is 30.1 Å². The smallest absolute Gasteiger partial charge is 0.254 e. The predicted octanol–water partition coefficient (Wildman–Crippen LogP) is 2.40. The molecule has 0 bridgehead atoms. The van der Waals surface area contributed by atoms with Crippen LogP contribution in [0.4, 0.5) is 5.69 Å². The summed E-state index contributed by atoms with van der Waals surface area (Å²) in [6, 6.07) is 5.58. The van der Waals surface area contributed by atoms with Gasteiger partial charge in [-0.25, -0.2) is 0 Å². The van der Waals surface area contributed by atoms with Gasteiger partial charge in [-0.05, 0) is 43.6 Å². The molecule has 0 saturated carbocycles. The van der Waals surface area contributed by atoms with Crippen molar-refractivity contribution in [1.29, 1.82) is 0 Å². The molecule has 138 valence electrons. The van der Waals surface area contributed by atoms with Crippen LogP contribution in [0.25, 0.3) is 0 Å². The van der Waals surface area contributed by atoms with E-state index in [2.05, 4.69) is 10.6 Å². The Morgan fingerprint density at radius 2 is 1.96 bits per heavy atom. The van der Waals surface area contributed by atoms with Crippen LogP contribution in [0.1, 0.15) is 22.8 Å². The second-order valence-corrected chi connectivity index (χ2v) is 7.80. The third-order valence-electron chi connectivity index (χ3n) is 5.05. The van der Waals surface area contributed by atoms with Crippen LogP contribution in [0.3, 0.4) is 0 Å². The van der Waals surface area contributed by atoms with Gasteiger partial charge in [-0.1, -0.05) is 13.0 Å². The number of benzene rings is 1. The van der Waals surface area contributed by atoms with Crippen molar-refractivity contribution in [3.05, 3.63) is 29.3 Å². The second-order valence-electron chi connectivity index (χ2n) is 6.58. The van der Waals surface area contributed by atoms with Gasteiger partial charge in [-0.15, -0.1) is 12.4 Å². The molecule has 7 heteroatoms. The quantitative estimate of drug-likeness (QED) is 0.838.